The van der Waals surface area contributed by atoms with E-state index in [1.807, 2.05) is 19.1 Å². The number of sulfonamides is 1. The van der Waals surface area contributed by atoms with Gasteiger partial charge in [0.1, 0.15) is 0 Å². The monoisotopic (exact) mass is 306 g/mol. The summed E-state index contributed by atoms with van der Waals surface area (Å²) in [6, 6.07) is 5.61. The van der Waals surface area contributed by atoms with Gasteiger partial charge in [-0.1, -0.05) is 6.07 Å². The third-order valence-electron chi connectivity index (χ3n) is 3.59. The molecule has 2 heterocycles. The van der Waals surface area contributed by atoms with Crippen LogP contribution in [-0.2, 0) is 23.0 Å². The van der Waals surface area contributed by atoms with E-state index in [-0.39, 0.29) is 5.03 Å². The van der Waals surface area contributed by atoms with Gasteiger partial charge in [0.05, 0.1) is 12.0 Å². The molecule has 2 aromatic rings. The summed E-state index contributed by atoms with van der Waals surface area (Å²) in [6.45, 7) is 3.54. The number of hydrogen-bond donors (Lipinski definition) is 2. The zero-order chi connectivity index (χ0) is 14.9. The van der Waals surface area contributed by atoms with Gasteiger partial charge < -0.3 is 9.88 Å². The van der Waals surface area contributed by atoms with Crippen molar-refractivity contribution < 1.29 is 8.42 Å². The number of benzene rings is 1. The number of nitrogens with one attached hydrogen (secondary N) is 2. The highest BCUT2D eigenvalue weighted by Gasteiger charge is 2.20. The molecule has 0 fully saturated rings. The van der Waals surface area contributed by atoms with E-state index in [2.05, 4.69) is 15.0 Å². The largest absolute Gasteiger partial charge is 0.385 e. The van der Waals surface area contributed by atoms with Crippen molar-refractivity contribution in [1.29, 1.82) is 0 Å². The molecule has 1 aliphatic rings. The van der Waals surface area contributed by atoms with Gasteiger partial charge in [-0.25, -0.2) is 4.98 Å². The Bertz CT molecular complexity index is 752. The van der Waals surface area contributed by atoms with Crippen LogP contribution in [0.25, 0.3) is 0 Å². The standard InChI is InChI=1S/C14H18N4O2S/c1-2-18-9-14(16-10-18)21(19,20)17-13-7-3-6-12-11(13)5-4-8-15-12/h3,6-7,9-10,15,17H,2,4-5,8H2,1H3. The van der Waals surface area contributed by atoms with Crippen molar-refractivity contribution in [3.63, 3.8) is 0 Å². The molecule has 0 amide bonds. The number of aryl methyl sites for hydroxylation is 1. The lowest BCUT2D eigenvalue weighted by Gasteiger charge is -2.21. The first-order valence-electron chi connectivity index (χ1n) is 7.00. The molecule has 0 bridgehead atoms. The van der Waals surface area contributed by atoms with E-state index in [4.69, 9.17) is 0 Å². The van der Waals surface area contributed by atoms with Crippen LogP contribution >= 0.6 is 0 Å². The maximum atomic E-state index is 12.4. The van der Waals surface area contributed by atoms with Crippen LogP contribution in [0.3, 0.4) is 0 Å². The zero-order valence-corrected chi connectivity index (χ0v) is 12.7. The zero-order valence-electron chi connectivity index (χ0n) is 11.8. The first-order chi connectivity index (χ1) is 10.1. The molecule has 0 atom stereocenters. The van der Waals surface area contributed by atoms with E-state index < -0.39 is 10.0 Å². The number of fused-ring (bicyclic) bond motifs is 1. The van der Waals surface area contributed by atoms with Crippen LogP contribution < -0.4 is 10.0 Å². The Morgan fingerprint density at radius 3 is 3.05 bits per heavy atom. The van der Waals surface area contributed by atoms with Crippen LogP contribution in [0.1, 0.15) is 18.9 Å². The third kappa shape index (κ3) is 2.73. The van der Waals surface area contributed by atoms with E-state index in [0.29, 0.717) is 12.2 Å². The molecule has 0 saturated carbocycles. The summed E-state index contributed by atoms with van der Waals surface area (Å²) in [6.07, 6.45) is 4.92. The van der Waals surface area contributed by atoms with Gasteiger partial charge in [-0.2, -0.15) is 8.42 Å². The number of rotatable bonds is 4. The highest BCUT2D eigenvalue weighted by Crippen LogP contribution is 2.30. The lowest BCUT2D eigenvalue weighted by Crippen LogP contribution is -2.18. The average Bonchev–Trinajstić information content (AvgIpc) is 2.97. The second-order valence-corrected chi connectivity index (χ2v) is 6.64. The molecule has 1 aromatic carbocycles. The molecule has 21 heavy (non-hydrogen) atoms. The summed E-state index contributed by atoms with van der Waals surface area (Å²) in [5, 5.41) is 3.33. The molecule has 1 aromatic heterocycles. The molecule has 0 unspecified atom stereocenters. The molecule has 112 valence electrons. The minimum Gasteiger partial charge on any atom is -0.385 e. The van der Waals surface area contributed by atoms with Crippen molar-refractivity contribution in [1.82, 2.24) is 9.55 Å². The summed E-state index contributed by atoms with van der Waals surface area (Å²) in [4.78, 5) is 3.96. The van der Waals surface area contributed by atoms with E-state index in [9.17, 15) is 8.42 Å². The highest BCUT2D eigenvalue weighted by atomic mass is 32.2. The molecule has 1 aliphatic heterocycles. The van der Waals surface area contributed by atoms with E-state index >= 15 is 0 Å². The Morgan fingerprint density at radius 2 is 2.29 bits per heavy atom. The molecule has 7 heteroatoms. The second kappa shape index (κ2) is 5.40. The normalized spacial score (nSPS) is 14.3. The summed E-state index contributed by atoms with van der Waals surface area (Å²) < 4.78 is 29.2. The molecular weight excluding hydrogens is 288 g/mol. The van der Waals surface area contributed by atoms with Crippen LogP contribution in [0.4, 0.5) is 11.4 Å². The van der Waals surface area contributed by atoms with Gasteiger partial charge in [-0.3, -0.25) is 4.72 Å². The number of imidazole rings is 1. The minimum absolute atomic E-state index is 0.0470. The first-order valence-corrected chi connectivity index (χ1v) is 8.49. The highest BCUT2D eigenvalue weighted by molar-refractivity contribution is 7.92. The fourth-order valence-corrected chi connectivity index (χ4v) is 3.50. The molecule has 0 spiro atoms. The fraction of sp³-hybridized carbons (Fsp3) is 0.357. The number of aromatic nitrogens is 2. The molecule has 0 radical (unpaired) electrons. The third-order valence-corrected chi connectivity index (χ3v) is 4.84. The summed E-state index contributed by atoms with van der Waals surface area (Å²) in [7, 11) is -3.65. The topological polar surface area (TPSA) is 76.0 Å². The Morgan fingerprint density at radius 1 is 1.43 bits per heavy atom. The second-order valence-electron chi connectivity index (χ2n) is 5.01. The van der Waals surface area contributed by atoms with Gasteiger partial charge in [0.15, 0.2) is 5.03 Å². The van der Waals surface area contributed by atoms with Crippen molar-refractivity contribution in [2.75, 3.05) is 16.6 Å². The van der Waals surface area contributed by atoms with Gasteiger partial charge in [-0.05, 0) is 37.5 Å². The number of anilines is 2. The van der Waals surface area contributed by atoms with Crippen molar-refractivity contribution in [3.05, 3.63) is 36.3 Å². The van der Waals surface area contributed by atoms with Gasteiger partial charge in [-0.15, -0.1) is 0 Å². The van der Waals surface area contributed by atoms with Crippen molar-refractivity contribution in [3.8, 4) is 0 Å². The van der Waals surface area contributed by atoms with Crippen molar-refractivity contribution in [2.24, 2.45) is 0 Å². The van der Waals surface area contributed by atoms with Gasteiger partial charge in [0.2, 0.25) is 0 Å². The Kier molecular flexibility index (Phi) is 3.59. The van der Waals surface area contributed by atoms with Gasteiger partial charge in [0, 0.05) is 25.0 Å². The minimum atomic E-state index is -3.65. The summed E-state index contributed by atoms with van der Waals surface area (Å²) in [5.74, 6) is 0. The van der Waals surface area contributed by atoms with Crippen LogP contribution in [0.15, 0.2) is 35.7 Å². The smallest absolute Gasteiger partial charge is 0.280 e. The van der Waals surface area contributed by atoms with Crippen molar-refractivity contribution >= 4 is 21.4 Å². The van der Waals surface area contributed by atoms with E-state index in [1.165, 1.54) is 12.5 Å². The quantitative estimate of drug-likeness (QED) is 0.906. The van der Waals surface area contributed by atoms with Gasteiger partial charge in [0.25, 0.3) is 10.0 Å². The fourth-order valence-electron chi connectivity index (χ4n) is 2.45. The number of hydrogen-bond acceptors (Lipinski definition) is 4. The summed E-state index contributed by atoms with van der Waals surface area (Å²) in [5.41, 5.74) is 2.65. The van der Waals surface area contributed by atoms with Crippen LogP contribution in [0, 0.1) is 0 Å². The SMILES string of the molecule is CCn1cnc(S(=O)(=O)Nc2cccc3c2CCCN3)c1. The average molecular weight is 306 g/mol. The molecular formula is C14H18N4O2S. The lowest BCUT2D eigenvalue weighted by atomic mass is 10.0. The van der Waals surface area contributed by atoms with Gasteiger partial charge >= 0.3 is 0 Å². The lowest BCUT2D eigenvalue weighted by molar-refractivity contribution is 0.598. The Balaban J connectivity index is 1.92. The maximum Gasteiger partial charge on any atom is 0.280 e. The predicted molar refractivity (Wildman–Crippen MR) is 82.0 cm³/mol. The molecule has 3 rings (SSSR count). The molecule has 0 aliphatic carbocycles. The molecule has 2 N–H and O–H groups in total. The Hall–Kier alpha value is -2.02. The van der Waals surface area contributed by atoms with Crippen LogP contribution in [-0.4, -0.2) is 24.5 Å². The van der Waals surface area contributed by atoms with Crippen LogP contribution in [0.5, 0.6) is 0 Å². The molecule has 0 saturated heterocycles. The summed E-state index contributed by atoms with van der Waals surface area (Å²) >= 11 is 0. The first kappa shape index (κ1) is 13.9. The van der Waals surface area contributed by atoms with E-state index in [0.717, 1.165) is 30.6 Å². The van der Waals surface area contributed by atoms with E-state index in [1.54, 1.807) is 10.6 Å². The number of nitrogens with zero attached hydrogens (tertiary/aromatic N) is 2. The van der Waals surface area contributed by atoms with Crippen molar-refractivity contribution in [2.45, 2.75) is 31.3 Å². The predicted octanol–water partition coefficient (Wildman–Crippen LogP) is 2.06. The molecule has 6 nitrogen and oxygen atoms in total. The maximum absolute atomic E-state index is 12.4. The Labute approximate surface area is 124 Å². The van der Waals surface area contributed by atoms with Crippen LogP contribution in [0.2, 0.25) is 0 Å².